The highest BCUT2D eigenvalue weighted by Gasteiger charge is 2.08. The number of rotatable bonds is 12. The Morgan fingerprint density at radius 3 is 1.32 bits per heavy atom. The minimum Gasteiger partial charge on any atom is -1.00 e. The van der Waals surface area contributed by atoms with Gasteiger partial charge in [-0.3, -0.25) is 0 Å². The van der Waals surface area contributed by atoms with E-state index in [4.69, 9.17) is 0 Å². The Morgan fingerprint density at radius 2 is 0.941 bits per heavy atom. The van der Waals surface area contributed by atoms with Gasteiger partial charge in [0, 0.05) is 51.0 Å². The number of aryl methyl sites for hydroxylation is 8. The quantitative estimate of drug-likeness (QED) is 0.212. The van der Waals surface area contributed by atoms with Crippen LogP contribution in [0, 0.1) is 27.7 Å². The molecule has 0 bridgehead atoms. The van der Waals surface area contributed by atoms with Crippen molar-refractivity contribution in [2.45, 2.75) is 92.2 Å². The minimum atomic E-state index is 0. The Kier molecular flexibility index (Phi) is 14.5. The van der Waals surface area contributed by atoms with Crippen molar-refractivity contribution in [3.05, 3.63) is 94.6 Å². The zero-order chi connectivity index (χ0) is 22.8. The van der Waals surface area contributed by atoms with Crippen LogP contribution in [0.5, 0.6) is 0 Å². The smallest absolute Gasteiger partial charge is 0.178 e. The highest BCUT2D eigenvalue weighted by Crippen LogP contribution is 2.16. The molecule has 0 aliphatic carbocycles. The van der Waals surface area contributed by atoms with Crippen molar-refractivity contribution in [2.75, 3.05) is 0 Å². The Labute approximate surface area is 229 Å². The average molecular weight is 590 g/mol. The van der Waals surface area contributed by atoms with E-state index >= 15 is 0 Å². The van der Waals surface area contributed by atoms with Gasteiger partial charge in [0.15, 0.2) is 23.8 Å². The van der Waals surface area contributed by atoms with Gasteiger partial charge in [-0.05, 0) is 74.6 Å². The third kappa shape index (κ3) is 10.00. The van der Waals surface area contributed by atoms with Gasteiger partial charge in [0.25, 0.3) is 0 Å². The summed E-state index contributed by atoms with van der Waals surface area (Å²) >= 11 is 0. The van der Waals surface area contributed by atoms with Crippen LogP contribution in [0.25, 0.3) is 0 Å². The summed E-state index contributed by atoms with van der Waals surface area (Å²) in [6, 6.07) is 18.1. The summed E-state index contributed by atoms with van der Waals surface area (Å²) in [5.74, 6) is 0. The topological polar surface area (TPSA) is 7.76 Å². The molecule has 0 atom stereocenters. The molecular weight excluding hydrogens is 548 g/mol. The predicted molar refractivity (Wildman–Crippen MR) is 134 cm³/mol. The zero-order valence-corrected chi connectivity index (χ0v) is 24.7. The number of hydrogen-bond acceptors (Lipinski definition) is 0. The van der Waals surface area contributed by atoms with E-state index in [0.29, 0.717) is 0 Å². The number of benzene rings is 1. The minimum absolute atomic E-state index is 0. The van der Waals surface area contributed by atoms with E-state index in [9.17, 15) is 0 Å². The van der Waals surface area contributed by atoms with Gasteiger partial charge in [0.05, 0.1) is 0 Å². The van der Waals surface area contributed by atoms with Crippen LogP contribution in [0.1, 0.15) is 72.2 Å². The molecular formula is C30H42Br2N2. The normalized spacial score (nSPS) is 10.5. The summed E-state index contributed by atoms with van der Waals surface area (Å²) in [7, 11) is 0. The fourth-order valence-electron chi connectivity index (χ4n) is 4.67. The monoisotopic (exact) mass is 588 g/mol. The van der Waals surface area contributed by atoms with Gasteiger partial charge < -0.3 is 34.0 Å². The van der Waals surface area contributed by atoms with Crippen LogP contribution in [0.15, 0.2) is 60.9 Å². The largest absolute Gasteiger partial charge is 1.00 e. The first-order valence-corrected chi connectivity index (χ1v) is 12.5. The number of unbranched alkanes of at least 4 members (excludes halogenated alkanes) is 4. The van der Waals surface area contributed by atoms with E-state index in [1.54, 1.807) is 11.1 Å². The number of aromatic nitrogens is 2. The van der Waals surface area contributed by atoms with Crippen molar-refractivity contribution in [1.82, 2.24) is 0 Å². The standard InChI is InChI=1S/C30H42N2.2BrH/c1-25-17-21-31(27(3)23-25)19-11-5-7-13-29-15-9-10-16-30(29)14-8-6-12-20-32-22-18-26(2)24-28(32)4;;/h9-10,15-18,21-24H,5-8,11-14,19-20H2,1-4H3;2*1H/q+2;;/p-2. The zero-order valence-electron chi connectivity index (χ0n) is 21.5. The molecule has 4 heteroatoms. The van der Waals surface area contributed by atoms with Crippen LogP contribution in [0.3, 0.4) is 0 Å². The van der Waals surface area contributed by atoms with E-state index in [2.05, 4.69) is 97.8 Å². The first-order valence-electron chi connectivity index (χ1n) is 12.5. The number of nitrogens with zero attached hydrogens (tertiary/aromatic N) is 2. The molecule has 3 rings (SSSR count). The van der Waals surface area contributed by atoms with Crippen LogP contribution in [-0.2, 0) is 25.9 Å². The molecule has 0 saturated heterocycles. The molecule has 0 fully saturated rings. The number of pyridine rings is 2. The van der Waals surface area contributed by atoms with Gasteiger partial charge in [-0.1, -0.05) is 24.3 Å². The molecule has 2 heterocycles. The molecule has 1 aromatic carbocycles. The van der Waals surface area contributed by atoms with E-state index in [-0.39, 0.29) is 34.0 Å². The molecule has 0 radical (unpaired) electrons. The Bertz CT molecular complexity index is 920. The van der Waals surface area contributed by atoms with Gasteiger partial charge >= 0.3 is 0 Å². The average Bonchev–Trinajstić information content (AvgIpc) is 2.77. The third-order valence-electron chi connectivity index (χ3n) is 6.62. The van der Waals surface area contributed by atoms with Crippen LogP contribution in [0.2, 0.25) is 0 Å². The molecule has 186 valence electrons. The maximum Gasteiger partial charge on any atom is 0.178 e. The Hall–Kier alpha value is -1.52. The van der Waals surface area contributed by atoms with Crippen molar-refractivity contribution in [3.63, 3.8) is 0 Å². The van der Waals surface area contributed by atoms with Gasteiger partial charge in [-0.2, -0.15) is 0 Å². The van der Waals surface area contributed by atoms with Crippen molar-refractivity contribution >= 4 is 0 Å². The lowest BCUT2D eigenvalue weighted by Crippen LogP contribution is -3.00. The SMILES string of the molecule is Cc1cc[n+](CCCCCc2ccccc2CCCCC[n+]2ccc(C)cc2C)c(C)c1.[Br-].[Br-]. The summed E-state index contributed by atoms with van der Waals surface area (Å²) in [5.41, 5.74) is 8.56. The predicted octanol–water partition coefficient (Wildman–Crippen LogP) is 0.329. The molecule has 2 nitrogen and oxygen atoms in total. The van der Waals surface area contributed by atoms with Crippen LogP contribution in [-0.4, -0.2) is 0 Å². The highest BCUT2D eigenvalue weighted by molar-refractivity contribution is 5.27. The maximum absolute atomic E-state index is 2.39. The lowest BCUT2D eigenvalue weighted by Gasteiger charge is -2.09. The third-order valence-corrected chi connectivity index (χ3v) is 6.62. The van der Waals surface area contributed by atoms with E-state index in [0.717, 1.165) is 13.1 Å². The maximum atomic E-state index is 2.39. The van der Waals surface area contributed by atoms with Crippen LogP contribution in [0.4, 0.5) is 0 Å². The lowest BCUT2D eigenvalue weighted by molar-refractivity contribution is -0.703. The molecule has 0 aliphatic heterocycles. The molecule has 34 heavy (non-hydrogen) atoms. The van der Waals surface area contributed by atoms with Gasteiger partial charge in [0.1, 0.15) is 13.1 Å². The highest BCUT2D eigenvalue weighted by atomic mass is 79.9. The number of hydrogen-bond donors (Lipinski definition) is 0. The van der Waals surface area contributed by atoms with Crippen molar-refractivity contribution in [1.29, 1.82) is 0 Å². The van der Waals surface area contributed by atoms with Gasteiger partial charge in [0.2, 0.25) is 0 Å². The molecule has 0 spiro atoms. The van der Waals surface area contributed by atoms with Gasteiger partial charge in [-0.25, -0.2) is 9.13 Å². The fraction of sp³-hybridized carbons (Fsp3) is 0.467. The summed E-state index contributed by atoms with van der Waals surface area (Å²) < 4.78 is 4.77. The summed E-state index contributed by atoms with van der Waals surface area (Å²) in [5, 5.41) is 0. The molecule has 2 aromatic heterocycles. The van der Waals surface area contributed by atoms with Gasteiger partial charge in [-0.15, -0.1) is 0 Å². The fourth-order valence-corrected chi connectivity index (χ4v) is 4.67. The second-order valence-electron chi connectivity index (χ2n) is 9.47. The second kappa shape index (κ2) is 16.2. The van der Waals surface area contributed by atoms with E-state index in [1.807, 2.05) is 0 Å². The molecule has 0 amide bonds. The first kappa shape index (κ1) is 30.5. The summed E-state index contributed by atoms with van der Waals surface area (Å²) in [6.07, 6.45) is 14.6. The van der Waals surface area contributed by atoms with Crippen molar-refractivity contribution < 1.29 is 43.1 Å². The van der Waals surface area contributed by atoms with E-state index in [1.165, 1.54) is 73.9 Å². The van der Waals surface area contributed by atoms with Crippen LogP contribution >= 0.6 is 0 Å². The Balaban J connectivity index is 0.00000289. The Morgan fingerprint density at radius 1 is 0.529 bits per heavy atom. The lowest BCUT2D eigenvalue weighted by atomic mass is 9.97. The van der Waals surface area contributed by atoms with E-state index < -0.39 is 0 Å². The number of halogens is 2. The first-order chi connectivity index (χ1) is 15.5. The molecule has 0 N–H and O–H groups in total. The summed E-state index contributed by atoms with van der Waals surface area (Å²) in [6.45, 7) is 11.0. The molecule has 0 saturated carbocycles. The van der Waals surface area contributed by atoms with Crippen LogP contribution < -0.4 is 43.1 Å². The molecule has 0 aliphatic rings. The van der Waals surface area contributed by atoms with Crippen molar-refractivity contribution in [3.8, 4) is 0 Å². The molecule has 3 aromatic rings. The summed E-state index contributed by atoms with van der Waals surface area (Å²) in [4.78, 5) is 0. The molecule has 0 unspecified atom stereocenters. The second-order valence-corrected chi connectivity index (χ2v) is 9.47. The van der Waals surface area contributed by atoms with Crippen molar-refractivity contribution in [2.24, 2.45) is 0 Å².